The second kappa shape index (κ2) is 6.77. The first-order valence-electron chi connectivity index (χ1n) is 6.34. The zero-order valence-electron chi connectivity index (χ0n) is 10.5. The molecule has 1 amide bonds. The van der Waals surface area contributed by atoms with Crippen LogP contribution >= 0.6 is 0 Å². The maximum Gasteiger partial charge on any atom is 0.391 e. The molecular weight excluding hydrogens is 263 g/mol. The van der Waals surface area contributed by atoms with E-state index in [1.54, 1.807) is 0 Å². The van der Waals surface area contributed by atoms with Crippen LogP contribution < -0.4 is 5.32 Å². The number of hydrogen-bond donors (Lipinski definition) is 2. The third-order valence-electron chi connectivity index (χ3n) is 3.44. The number of alkyl halides is 3. The van der Waals surface area contributed by atoms with Crippen molar-refractivity contribution in [2.75, 3.05) is 6.54 Å². The summed E-state index contributed by atoms with van der Waals surface area (Å²) in [6, 6.07) is 0. The van der Waals surface area contributed by atoms with Gasteiger partial charge in [0.1, 0.15) is 0 Å². The van der Waals surface area contributed by atoms with Crippen LogP contribution in [0.2, 0.25) is 0 Å². The minimum atomic E-state index is -4.13. The quantitative estimate of drug-likeness (QED) is 0.812. The zero-order chi connectivity index (χ0) is 14.5. The Hall–Kier alpha value is -1.27. The molecule has 0 heterocycles. The topological polar surface area (TPSA) is 66.4 Å². The minimum Gasteiger partial charge on any atom is -0.481 e. The molecule has 1 saturated carbocycles. The van der Waals surface area contributed by atoms with Crippen molar-refractivity contribution in [1.82, 2.24) is 5.32 Å². The molecule has 1 rings (SSSR count). The molecule has 110 valence electrons. The molecule has 7 heteroatoms. The number of carbonyl (C=O) groups is 2. The number of aliphatic carboxylic acids is 1. The van der Waals surface area contributed by atoms with Crippen LogP contribution in [0.5, 0.6) is 0 Å². The van der Waals surface area contributed by atoms with E-state index in [1.165, 1.54) is 0 Å². The summed E-state index contributed by atoms with van der Waals surface area (Å²) in [6.45, 7) is 0.0616. The maximum atomic E-state index is 12.4. The monoisotopic (exact) mass is 281 g/mol. The molecule has 4 nitrogen and oxygen atoms in total. The standard InChI is InChI=1S/C12H18F3NO3/c13-12(14,15)9-3-1-8(2-4-9)7-10(17)16-6-5-11(18)19/h8-9H,1-7H2,(H,16,17)(H,18,19). The molecule has 0 aromatic rings. The number of amides is 1. The van der Waals surface area contributed by atoms with E-state index in [2.05, 4.69) is 5.32 Å². The normalized spacial score (nSPS) is 23.9. The van der Waals surface area contributed by atoms with Crippen molar-refractivity contribution in [3.8, 4) is 0 Å². The summed E-state index contributed by atoms with van der Waals surface area (Å²) in [5, 5.41) is 10.9. The second-order valence-electron chi connectivity index (χ2n) is 4.96. The van der Waals surface area contributed by atoms with Gasteiger partial charge in [0.2, 0.25) is 5.91 Å². The van der Waals surface area contributed by atoms with Gasteiger partial charge in [0.25, 0.3) is 0 Å². The van der Waals surface area contributed by atoms with Crippen molar-refractivity contribution in [3.63, 3.8) is 0 Å². The first kappa shape index (κ1) is 15.8. The van der Waals surface area contributed by atoms with Crippen LogP contribution in [-0.4, -0.2) is 29.7 Å². The highest BCUT2D eigenvalue weighted by Gasteiger charge is 2.41. The minimum absolute atomic E-state index is 0.0246. The SMILES string of the molecule is O=C(O)CCNC(=O)CC1CCC(C(F)(F)F)CC1. The number of rotatable bonds is 5. The molecule has 1 aliphatic carbocycles. The van der Waals surface area contributed by atoms with Gasteiger partial charge in [-0.3, -0.25) is 9.59 Å². The van der Waals surface area contributed by atoms with Crippen LogP contribution in [0.1, 0.15) is 38.5 Å². The fraction of sp³-hybridized carbons (Fsp3) is 0.833. The number of carboxylic acids is 1. The highest BCUT2D eigenvalue weighted by Crippen LogP contribution is 2.40. The Morgan fingerprint density at radius 2 is 1.74 bits per heavy atom. The highest BCUT2D eigenvalue weighted by atomic mass is 19.4. The van der Waals surface area contributed by atoms with E-state index in [0.717, 1.165) is 0 Å². The predicted octanol–water partition coefficient (Wildman–Crippen LogP) is 2.34. The van der Waals surface area contributed by atoms with E-state index >= 15 is 0 Å². The highest BCUT2D eigenvalue weighted by molar-refractivity contribution is 5.77. The number of carbonyl (C=O) groups excluding carboxylic acids is 1. The molecule has 0 aliphatic heterocycles. The number of carboxylic acid groups (broad SMARTS) is 1. The average Bonchev–Trinajstić information content (AvgIpc) is 2.27. The second-order valence-corrected chi connectivity index (χ2v) is 4.96. The Morgan fingerprint density at radius 1 is 1.16 bits per heavy atom. The lowest BCUT2D eigenvalue weighted by Gasteiger charge is -2.29. The Bertz CT molecular complexity index is 323. The molecule has 0 atom stereocenters. The molecule has 1 aliphatic rings. The lowest BCUT2D eigenvalue weighted by atomic mass is 9.80. The lowest BCUT2D eigenvalue weighted by Crippen LogP contribution is -2.31. The van der Waals surface area contributed by atoms with Gasteiger partial charge in [0, 0.05) is 13.0 Å². The van der Waals surface area contributed by atoms with Gasteiger partial charge in [-0.05, 0) is 31.6 Å². The van der Waals surface area contributed by atoms with Gasteiger partial charge in [0.15, 0.2) is 0 Å². The van der Waals surface area contributed by atoms with Gasteiger partial charge in [-0.2, -0.15) is 13.2 Å². The third kappa shape index (κ3) is 5.94. The summed E-state index contributed by atoms with van der Waals surface area (Å²) >= 11 is 0. The first-order chi connectivity index (χ1) is 8.79. The van der Waals surface area contributed by atoms with Crippen molar-refractivity contribution < 1.29 is 27.9 Å². The molecular formula is C12H18F3NO3. The maximum absolute atomic E-state index is 12.4. The predicted molar refractivity (Wildman–Crippen MR) is 61.4 cm³/mol. The summed E-state index contributed by atoms with van der Waals surface area (Å²) in [6.07, 6.45) is -3.13. The van der Waals surface area contributed by atoms with E-state index in [0.29, 0.717) is 12.8 Å². The molecule has 0 saturated heterocycles. The molecule has 0 spiro atoms. The van der Waals surface area contributed by atoms with Crippen molar-refractivity contribution in [2.24, 2.45) is 11.8 Å². The number of nitrogens with one attached hydrogen (secondary N) is 1. The molecule has 0 unspecified atom stereocenters. The van der Waals surface area contributed by atoms with Crippen LogP contribution in [0.3, 0.4) is 0 Å². The molecule has 0 aromatic carbocycles. The van der Waals surface area contributed by atoms with E-state index < -0.39 is 18.1 Å². The first-order valence-corrected chi connectivity index (χ1v) is 6.34. The van der Waals surface area contributed by atoms with E-state index in [4.69, 9.17) is 5.11 Å². The molecule has 0 bridgehead atoms. The summed E-state index contributed by atoms with van der Waals surface area (Å²) < 4.78 is 37.3. The molecule has 2 N–H and O–H groups in total. The largest absolute Gasteiger partial charge is 0.481 e. The molecule has 19 heavy (non-hydrogen) atoms. The average molecular weight is 281 g/mol. The Kier molecular flexibility index (Phi) is 5.62. The Labute approximate surface area is 109 Å². The van der Waals surface area contributed by atoms with Crippen molar-refractivity contribution in [3.05, 3.63) is 0 Å². The van der Waals surface area contributed by atoms with E-state index in [1.807, 2.05) is 0 Å². The van der Waals surface area contributed by atoms with Gasteiger partial charge in [-0.25, -0.2) is 0 Å². The van der Waals surface area contributed by atoms with Gasteiger partial charge in [0.05, 0.1) is 12.3 Å². The lowest BCUT2D eigenvalue weighted by molar-refractivity contribution is -0.184. The zero-order valence-corrected chi connectivity index (χ0v) is 10.5. The molecule has 1 fully saturated rings. The van der Waals surface area contributed by atoms with Crippen molar-refractivity contribution >= 4 is 11.9 Å². The summed E-state index contributed by atoms with van der Waals surface area (Å²) in [7, 11) is 0. The number of halogens is 3. The molecule has 0 aromatic heterocycles. The van der Waals surface area contributed by atoms with Gasteiger partial charge < -0.3 is 10.4 Å². The smallest absolute Gasteiger partial charge is 0.391 e. The van der Waals surface area contributed by atoms with Crippen LogP contribution in [0.4, 0.5) is 13.2 Å². The summed E-state index contributed by atoms with van der Waals surface area (Å²) in [5.74, 6) is -2.54. The molecule has 0 radical (unpaired) electrons. The van der Waals surface area contributed by atoms with Crippen LogP contribution in [0, 0.1) is 11.8 Å². The summed E-state index contributed by atoms with van der Waals surface area (Å²) in [5.41, 5.74) is 0. The van der Waals surface area contributed by atoms with Crippen LogP contribution in [-0.2, 0) is 9.59 Å². The van der Waals surface area contributed by atoms with Gasteiger partial charge in [-0.15, -0.1) is 0 Å². The van der Waals surface area contributed by atoms with Crippen LogP contribution in [0.25, 0.3) is 0 Å². The van der Waals surface area contributed by atoms with E-state index in [9.17, 15) is 22.8 Å². The van der Waals surface area contributed by atoms with Crippen molar-refractivity contribution in [1.29, 1.82) is 0 Å². The summed E-state index contributed by atoms with van der Waals surface area (Å²) in [4.78, 5) is 21.7. The third-order valence-corrected chi connectivity index (χ3v) is 3.44. The van der Waals surface area contributed by atoms with Crippen LogP contribution in [0.15, 0.2) is 0 Å². The number of hydrogen-bond acceptors (Lipinski definition) is 2. The van der Waals surface area contributed by atoms with E-state index in [-0.39, 0.29) is 44.1 Å². The fourth-order valence-electron chi connectivity index (χ4n) is 2.34. The fourth-order valence-corrected chi connectivity index (χ4v) is 2.34. The van der Waals surface area contributed by atoms with Crippen molar-refractivity contribution in [2.45, 2.75) is 44.7 Å². The Morgan fingerprint density at radius 3 is 2.21 bits per heavy atom. The Balaban J connectivity index is 2.22. The van der Waals surface area contributed by atoms with Gasteiger partial charge >= 0.3 is 12.1 Å². The van der Waals surface area contributed by atoms with Gasteiger partial charge in [-0.1, -0.05) is 0 Å².